The summed E-state index contributed by atoms with van der Waals surface area (Å²) in [6, 6.07) is 64.9. The zero-order valence-electron chi connectivity index (χ0n) is 31.1. The van der Waals surface area contributed by atoms with E-state index in [0.717, 1.165) is 72.3 Å². The van der Waals surface area contributed by atoms with Gasteiger partial charge in [-0.1, -0.05) is 135 Å². The van der Waals surface area contributed by atoms with Gasteiger partial charge < -0.3 is 4.42 Å². The molecule has 0 atom stereocenters. The van der Waals surface area contributed by atoms with Gasteiger partial charge in [-0.25, -0.2) is 9.97 Å². The molecule has 3 heteroatoms. The molecule has 0 unspecified atom stereocenters. The first-order valence-electron chi connectivity index (χ1n) is 19.2. The lowest BCUT2D eigenvalue weighted by molar-refractivity contribution is 0.661. The highest BCUT2D eigenvalue weighted by molar-refractivity contribution is 6.06. The molecule has 0 aliphatic heterocycles. The van der Waals surface area contributed by atoms with E-state index in [0.29, 0.717) is 5.82 Å². The number of benzene rings is 8. The van der Waals surface area contributed by atoms with E-state index < -0.39 is 0 Å². The van der Waals surface area contributed by atoms with E-state index in [-0.39, 0.29) is 5.41 Å². The Kier molecular flexibility index (Phi) is 7.20. The van der Waals surface area contributed by atoms with Crippen LogP contribution in [0.5, 0.6) is 0 Å². The molecule has 0 amide bonds. The van der Waals surface area contributed by atoms with Crippen LogP contribution >= 0.6 is 0 Å². The minimum Gasteiger partial charge on any atom is -0.456 e. The van der Waals surface area contributed by atoms with Crippen LogP contribution < -0.4 is 0 Å². The van der Waals surface area contributed by atoms with Gasteiger partial charge in [-0.05, 0) is 116 Å². The van der Waals surface area contributed by atoms with Crippen LogP contribution in [0.1, 0.15) is 25.0 Å². The van der Waals surface area contributed by atoms with E-state index in [1.807, 2.05) is 30.3 Å². The summed E-state index contributed by atoms with van der Waals surface area (Å²) in [6.45, 7) is 4.68. The molecule has 1 aliphatic rings. The Balaban J connectivity index is 1.11. The lowest BCUT2D eigenvalue weighted by atomic mass is 9.81. The van der Waals surface area contributed by atoms with Crippen molar-refractivity contribution in [1.82, 2.24) is 9.97 Å². The van der Waals surface area contributed by atoms with Gasteiger partial charge in [0.25, 0.3) is 0 Å². The molecule has 0 radical (unpaired) electrons. The van der Waals surface area contributed by atoms with Gasteiger partial charge >= 0.3 is 0 Å². The van der Waals surface area contributed by atoms with Crippen LogP contribution in [-0.4, -0.2) is 9.97 Å². The number of hydrogen-bond donors (Lipinski definition) is 0. The molecule has 0 saturated carbocycles. The quantitative estimate of drug-likeness (QED) is 0.178. The molecule has 264 valence electrons. The maximum absolute atomic E-state index is 6.20. The topological polar surface area (TPSA) is 38.9 Å². The van der Waals surface area contributed by atoms with Gasteiger partial charge in [0.2, 0.25) is 0 Å². The Labute approximate surface area is 325 Å². The number of rotatable bonds is 5. The Morgan fingerprint density at radius 1 is 0.375 bits per heavy atom. The highest BCUT2D eigenvalue weighted by Gasteiger charge is 2.36. The molecule has 3 nitrogen and oxygen atoms in total. The summed E-state index contributed by atoms with van der Waals surface area (Å²) in [7, 11) is 0. The van der Waals surface area contributed by atoms with Crippen molar-refractivity contribution in [2.75, 3.05) is 0 Å². The zero-order chi connectivity index (χ0) is 37.4. The largest absolute Gasteiger partial charge is 0.456 e. The SMILES string of the molecule is CC1(C)c2ccc(-c3cc(-c4cc(-c5ccccc5)cc(-c5ccc6oc7ccccc7c6c5)c4)nc(-c4ccccc4)n3)cc2-c2cc3ccccc3cc21. The summed E-state index contributed by atoms with van der Waals surface area (Å²) in [5, 5.41) is 4.75. The third-order valence-electron chi connectivity index (χ3n) is 11.6. The molecule has 1 aliphatic carbocycles. The van der Waals surface area contributed by atoms with Crippen molar-refractivity contribution < 1.29 is 4.42 Å². The summed E-state index contributed by atoms with van der Waals surface area (Å²) >= 11 is 0. The summed E-state index contributed by atoms with van der Waals surface area (Å²) in [5.74, 6) is 0.697. The van der Waals surface area contributed by atoms with Crippen molar-refractivity contribution in [2.24, 2.45) is 0 Å². The molecule has 11 rings (SSSR count). The second-order valence-electron chi connectivity index (χ2n) is 15.4. The first kappa shape index (κ1) is 32.3. The number of hydrogen-bond acceptors (Lipinski definition) is 3. The van der Waals surface area contributed by atoms with E-state index in [2.05, 4.69) is 166 Å². The number of fused-ring (bicyclic) bond motifs is 7. The van der Waals surface area contributed by atoms with Crippen LogP contribution in [0.2, 0.25) is 0 Å². The minimum atomic E-state index is -0.112. The molecule has 10 aromatic rings. The summed E-state index contributed by atoms with van der Waals surface area (Å²) in [5.41, 5.74) is 16.3. The van der Waals surface area contributed by atoms with Crippen molar-refractivity contribution in [1.29, 1.82) is 0 Å². The van der Waals surface area contributed by atoms with Crippen LogP contribution in [0.15, 0.2) is 186 Å². The van der Waals surface area contributed by atoms with Crippen molar-refractivity contribution in [2.45, 2.75) is 19.3 Å². The second kappa shape index (κ2) is 12.5. The highest BCUT2D eigenvalue weighted by atomic mass is 16.3. The molecule has 0 spiro atoms. The highest BCUT2D eigenvalue weighted by Crippen LogP contribution is 2.51. The van der Waals surface area contributed by atoms with Gasteiger partial charge in [0.15, 0.2) is 5.82 Å². The molecule has 0 saturated heterocycles. The zero-order valence-corrected chi connectivity index (χ0v) is 31.1. The van der Waals surface area contributed by atoms with Crippen LogP contribution in [0, 0.1) is 0 Å². The number of aromatic nitrogens is 2. The van der Waals surface area contributed by atoms with Crippen molar-refractivity contribution >= 4 is 32.7 Å². The normalized spacial score (nSPS) is 13.0. The fraction of sp³-hybridized carbons (Fsp3) is 0.0566. The summed E-state index contributed by atoms with van der Waals surface area (Å²) in [4.78, 5) is 10.6. The Bertz CT molecular complexity index is 3160. The van der Waals surface area contributed by atoms with Gasteiger partial charge in [-0.3, -0.25) is 0 Å². The summed E-state index contributed by atoms with van der Waals surface area (Å²) < 4.78 is 6.20. The van der Waals surface area contributed by atoms with Crippen LogP contribution in [0.4, 0.5) is 0 Å². The molecule has 0 bridgehead atoms. The standard InChI is InChI=1S/C53H36N2O/c1-53(2)46-23-21-38(30-43(46)44-28-35-17-9-10-18-36(35)31-47(44)53)48-32-49(55-52(54-48)34-15-7-4-8-16-34)41-26-39(33-13-5-3-6-14-33)25-40(27-41)37-22-24-51-45(29-37)42-19-11-12-20-50(42)56-51/h3-32H,1-2H3. The second-order valence-corrected chi connectivity index (χ2v) is 15.4. The number of nitrogens with zero attached hydrogens (tertiary/aromatic N) is 2. The van der Waals surface area contributed by atoms with Crippen LogP contribution in [0.3, 0.4) is 0 Å². The van der Waals surface area contributed by atoms with Crippen LogP contribution in [0.25, 0.3) is 100.0 Å². The number of furan rings is 1. The van der Waals surface area contributed by atoms with E-state index in [1.165, 1.54) is 33.0 Å². The first-order valence-corrected chi connectivity index (χ1v) is 19.2. The predicted octanol–water partition coefficient (Wildman–Crippen LogP) is 14.2. The van der Waals surface area contributed by atoms with Crippen molar-refractivity contribution in [3.05, 3.63) is 193 Å². The van der Waals surface area contributed by atoms with Gasteiger partial charge in [0.1, 0.15) is 11.2 Å². The lowest BCUT2D eigenvalue weighted by Gasteiger charge is -2.22. The molecule has 0 N–H and O–H groups in total. The maximum Gasteiger partial charge on any atom is 0.160 e. The van der Waals surface area contributed by atoms with Crippen molar-refractivity contribution in [3.8, 4) is 67.3 Å². The Morgan fingerprint density at radius 3 is 1.75 bits per heavy atom. The fourth-order valence-corrected chi connectivity index (χ4v) is 8.70. The molecular weight excluding hydrogens is 681 g/mol. The smallest absolute Gasteiger partial charge is 0.160 e. The maximum atomic E-state index is 6.20. The molecule has 2 heterocycles. The minimum absolute atomic E-state index is 0.112. The molecule has 56 heavy (non-hydrogen) atoms. The monoisotopic (exact) mass is 716 g/mol. The van der Waals surface area contributed by atoms with E-state index in [9.17, 15) is 0 Å². The first-order chi connectivity index (χ1) is 27.5. The Hall–Kier alpha value is -7.10. The van der Waals surface area contributed by atoms with E-state index in [1.54, 1.807) is 0 Å². The van der Waals surface area contributed by atoms with E-state index in [4.69, 9.17) is 14.4 Å². The fourth-order valence-electron chi connectivity index (χ4n) is 8.70. The predicted molar refractivity (Wildman–Crippen MR) is 232 cm³/mol. The molecule has 2 aromatic heterocycles. The summed E-state index contributed by atoms with van der Waals surface area (Å²) in [6.07, 6.45) is 0. The molecule has 8 aromatic carbocycles. The average Bonchev–Trinajstić information content (AvgIpc) is 3.73. The van der Waals surface area contributed by atoms with Gasteiger partial charge in [0, 0.05) is 32.9 Å². The Morgan fingerprint density at radius 2 is 0.964 bits per heavy atom. The van der Waals surface area contributed by atoms with Crippen LogP contribution in [-0.2, 0) is 5.41 Å². The lowest BCUT2D eigenvalue weighted by Crippen LogP contribution is -2.14. The third kappa shape index (κ3) is 5.27. The molecular formula is C53H36N2O. The molecule has 0 fully saturated rings. The average molecular weight is 717 g/mol. The van der Waals surface area contributed by atoms with Gasteiger partial charge in [-0.15, -0.1) is 0 Å². The van der Waals surface area contributed by atoms with Gasteiger partial charge in [0.05, 0.1) is 11.4 Å². The number of para-hydroxylation sites is 1. The van der Waals surface area contributed by atoms with Crippen molar-refractivity contribution in [3.63, 3.8) is 0 Å². The third-order valence-corrected chi connectivity index (χ3v) is 11.6. The van der Waals surface area contributed by atoms with Gasteiger partial charge in [-0.2, -0.15) is 0 Å². The van der Waals surface area contributed by atoms with E-state index >= 15 is 0 Å².